The summed E-state index contributed by atoms with van der Waals surface area (Å²) in [5.41, 5.74) is 2.10. The summed E-state index contributed by atoms with van der Waals surface area (Å²) in [7, 11) is 1.72. The summed E-state index contributed by atoms with van der Waals surface area (Å²) in [4.78, 5) is 12.4. The highest BCUT2D eigenvalue weighted by Gasteiger charge is 2.22. The van der Waals surface area contributed by atoms with Gasteiger partial charge in [0.1, 0.15) is 10.9 Å². The molecule has 22 heavy (non-hydrogen) atoms. The number of hydrogen-bond acceptors (Lipinski definition) is 3. The Hall–Kier alpha value is -2.01. The number of rotatable bonds is 5. The van der Waals surface area contributed by atoms with Gasteiger partial charge in [0.2, 0.25) is 0 Å². The first kappa shape index (κ1) is 16.4. The molecule has 1 aromatic carbocycles. The molecule has 0 radical (unpaired) electrons. The van der Waals surface area contributed by atoms with E-state index >= 15 is 0 Å². The highest BCUT2D eigenvalue weighted by Crippen LogP contribution is 2.25. The van der Waals surface area contributed by atoms with Gasteiger partial charge in [-0.05, 0) is 30.0 Å². The first-order valence-electron chi connectivity index (χ1n) is 7.18. The SMILES string of the molecule is CC(C)c1nn(C)c(Cl)c1C(=O)NCCc1cccc(O)c1. The zero-order valence-corrected chi connectivity index (χ0v) is 13.7. The number of phenols is 1. The lowest BCUT2D eigenvalue weighted by Gasteiger charge is -2.08. The first-order chi connectivity index (χ1) is 10.4. The number of carbonyl (C=O) groups is 1. The summed E-state index contributed by atoms with van der Waals surface area (Å²) in [5.74, 6) is 0.119. The van der Waals surface area contributed by atoms with E-state index in [0.29, 0.717) is 29.4 Å². The van der Waals surface area contributed by atoms with E-state index in [-0.39, 0.29) is 17.6 Å². The third-order valence-corrected chi connectivity index (χ3v) is 3.82. The van der Waals surface area contributed by atoms with E-state index < -0.39 is 0 Å². The zero-order valence-electron chi connectivity index (χ0n) is 12.9. The van der Waals surface area contributed by atoms with Crippen molar-refractivity contribution in [1.29, 1.82) is 0 Å². The van der Waals surface area contributed by atoms with Gasteiger partial charge in [0, 0.05) is 13.6 Å². The highest BCUT2D eigenvalue weighted by molar-refractivity contribution is 6.33. The molecule has 0 aliphatic rings. The van der Waals surface area contributed by atoms with Crippen LogP contribution in [0.4, 0.5) is 0 Å². The molecule has 0 unspecified atom stereocenters. The number of halogens is 1. The van der Waals surface area contributed by atoms with E-state index in [4.69, 9.17) is 11.6 Å². The number of aromatic hydroxyl groups is 1. The number of aromatic nitrogens is 2. The minimum Gasteiger partial charge on any atom is -0.508 e. The predicted molar refractivity (Wildman–Crippen MR) is 86.5 cm³/mol. The minimum absolute atomic E-state index is 0.116. The maximum atomic E-state index is 12.4. The van der Waals surface area contributed by atoms with Gasteiger partial charge >= 0.3 is 0 Å². The molecule has 0 aliphatic heterocycles. The van der Waals surface area contributed by atoms with Crippen molar-refractivity contribution in [1.82, 2.24) is 15.1 Å². The van der Waals surface area contributed by atoms with Gasteiger partial charge in [-0.3, -0.25) is 9.48 Å². The van der Waals surface area contributed by atoms with Crippen LogP contribution in [0.5, 0.6) is 5.75 Å². The van der Waals surface area contributed by atoms with Gasteiger partial charge in [0.25, 0.3) is 5.91 Å². The van der Waals surface area contributed by atoms with E-state index in [9.17, 15) is 9.90 Å². The Morgan fingerprint density at radius 3 is 2.82 bits per heavy atom. The maximum Gasteiger partial charge on any atom is 0.256 e. The fourth-order valence-corrected chi connectivity index (χ4v) is 2.48. The molecule has 1 heterocycles. The third-order valence-electron chi connectivity index (χ3n) is 3.39. The van der Waals surface area contributed by atoms with Crippen LogP contribution in [0.3, 0.4) is 0 Å². The molecule has 0 fully saturated rings. The van der Waals surface area contributed by atoms with Gasteiger partial charge < -0.3 is 10.4 Å². The van der Waals surface area contributed by atoms with Gasteiger partial charge in [-0.25, -0.2) is 0 Å². The first-order valence-corrected chi connectivity index (χ1v) is 7.56. The normalized spacial score (nSPS) is 11.0. The van der Waals surface area contributed by atoms with E-state index in [2.05, 4.69) is 10.4 Å². The van der Waals surface area contributed by atoms with Crippen molar-refractivity contribution in [3.63, 3.8) is 0 Å². The molecule has 0 saturated carbocycles. The second kappa shape index (κ2) is 6.83. The van der Waals surface area contributed by atoms with Gasteiger partial charge in [-0.15, -0.1) is 0 Å². The lowest BCUT2D eigenvalue weighted by Crippen LogP contribution is -2.26. The fourth-order valence-electron chi connectivity index (χ4n) is 2.26. The second-order valence-electron chi connectivity index (χ2n) is 5.51. The summed E-state index contributed by atoms with van der Waals surface area (Å²) in [5, 5.41) is 16.9. The lowest BCUT2D eigenvalue weighted by atomic mass is 10.1. The molecule has 1 amide bonds. The lowest BCUT2D eigenvalue weighted by molar-refractivity contribution is 0.0953. The van der Waals surface area contributed by atoms with E-state index in [1.165, 1.54) is 4.68 Å². The Balaban J connectivity index is 2.04. The molecule has 0 atom stereocenters. The molecule has 2 rings (SSSR count). The molecular weight excluding hydrogens is 302 g/mol. The molecule has 2 N–H and O–H groups in total. The summed E-state index contributed by atoms with van der Waals surface area (Å²) in [6.07, 6.45) is 0.634. The summed E-state index contributed by atoms with van der Waals surface area (Å²) in [6.45, 7) is 4.41. The number of phenolic OH excluding ortho intramolecular Hbond substituents is 1. The summed E-state index contributed by atoms with van der Waals surface area (Å²) >= 11 is 6.18. The van der Waals surface area contributed by atoms with Crippen LogP contribution in [-0.2, 0) is 13.5 Å². The zero-order chi connectivity index (χ0) is 16.3. The number of nitrogens with zero attached hydrogens (tertiary/aromatic N) is 2. The van der Waals surface area contributed by atoms with E-state index in [1.54, 1.807) is 25.2 Å². The van der Waals surface area contributed by atoms with Gasteiger partial charge in [-0.2, -0.15) is 5.10 Å². The number of hydrogen-bond donors (Lipinski definition) is 2. The molecule has 0 bridgehead atoms. The average molecular weight is 322 g/mol. The van der Waals surface area contributed by atoms with Crippen molar-refractivity contribution in [2.75, 3.05) is 6.54 Å². The second-order valence-corrected chi connectivity index (χ2v) is 5.86. The van der Waals surface area contributed by atoms with E-state index in [0.717, 1.165) is 5.56 Å². The smallest absolute Gasteiger partial charge is 0.256 e. The molecule has 1 aromatic heterocycles. The van der Waals surface area contributed by atoms with Crippen LogP contribution in [0.15, 0.2) is 24.3 Å². The van der Waals surface area contributed by atoms with E-state index in [1.807, 2.05) is 19.9 Å². The predicted octanol–water partition coefficient (Wildman–Crippen LogP) is 2.88. The van der Waals surface area contributed by atoms with Crippen molar-refractivity contribution < 1.29 is 9.90 Å². The van der Waals surface area contributed by atoms with Crippen LogP contribution in [0.2, 0.25) is 5.15 Å². The van der Waals surface area contributed by atoms with Crippen molar-refractivity contribution in [2.24, 2.45) is 7.05 Å². The fraction of sp³-hybridized carbons (Fsp3) is 0.375. The Morgan fingerprint density at radius 2 is 2.18 bits per heavy atom. The number of benzene rings is 1. The molecule has 0 aliphatic carbocycles. The van der Waals surface area contributed by atoms with Gasteiger partial charge in [-0.1, -0.05) is 37.6 Å². The van der Waals surface area contributed by atoms with Gasteiger partial charge in [0.15, 0.2) is 0 Å². The number of carbonyl (C=O) groups excluding carboxylic acids is 1. The largest absolute Gasteiger partial charge is 0.508 e. The summed E-state index contributed by atoms with van der Waals surface area (Å²) in [6, 6.07) is 6.99. The molecule has 118 valence electrons. The van der Waals surface area contributed by atoms with Crippen LogP contribution < -0.4 is 5.32 Å². The van der Waals surface area contributed by atoms with Crippen molar-refractivity contribution in [3.05, 3.63) is 46.2 Å². The maximum absolute atomic E-state index is 12.4. The van der Waals surface area contributed by atoms with Crippen molar-refractivity contribution in [2.45, 2.75) is 26.2 Å². The van der Waals surface area contributed by atoms with Crippen LogP contribution >= 0.6 is 11.6 Å². The number of amides is 1. The third kappa shape index (κ3) is 3.60. The van der Waals surface area contributed by atoms with Crippen molar-refractivity contribution >= 4 is 17.5 Å². The van der Waals surface area contributed by atoms with Crippen LogP contribution in [-0.4, -0.2) is 27.3 Å². The Kier molecular flexibility index (Phi) is 5.08. The van der Waals surface area contributed by atoms with Crippen LogP contribution in [0, 0.1) is 0 Å². The molecule has 0 saturated heterocycles. The topological polar surface area (TPSA) is 67.2 Å². The molecule has 0 spiro atoms. The van der Waals surface area contributed by atoms with Crippen LogP contribution in [0.25, 0.3) is 0 Å². The monoisotopic (exact) mass is 321 g/mol. The molecular formula is C16H20ClN3O2. The molecule has 6 heteroatoms. The Labute approximate surface area is 134 Å². The minimum atomic E-state index is -0.220. The average Bonchev–Trinajstić information content (AvgIpc) is 2.75. The summed E-state index contributed by atoms with van der Waals surface area (Å²) < 4.78 is 1.51. The Morgan fingerprint density at radius 1 is 1.45 bits per heavy atom. The highest BCUT2D eigenvalue weighted by atomic mass is 35.5. The molecule has 2 aromatic rings. The molecule has 5 nitrogen and oxygen atoms in total. The standard InChI is InChI=1S/C16H20ClN3O2/c1-10(2)14-13(15(17)20(3)19-14)16(22)18-8-7-11-5-4-6-12(21)9-11/h4-6,9-10,21H,7-8H2,1-3H3,(H,18,22). The van der Waals surface area contributed by atoms with Crippen molar-refractivity contribution in [3.8, 4) is 5.75 Å². The quantitative estimate of drug-likeness (QED) is 0.889. The van der Waals surface area contributed by atoms with Crippen LogP contribution in [0.1, 0.15) is 41.4 Å². The Bertz CT molecular complexity index is 680. The number of nitrogens with one attached hydrogen (secondary N) is 1. The van der Waals surface area contributed by atoms with Gasteiger partial charge in [0.05, 0.1) is 11.3 Å². The number of aryl methyl sites for hydroxylation is 1.